The van der Waals surface area contributed by atoms with Crippen molar-refractivity contribution in [2.75, 3.05) is 0 Å². The average molecular weight is 208 g/mol. The first-order chi connectivity index (χ1) is 6.73. The lowest BCUT2D eigenvalue weighted by Crippen LogP contribution is -2.20. The van der Waals surface area contributed by atoms with Gasteiger partial charge in [-0.2, -0.15) is 0 Å². The molecule has 1 aromatic rings. The third-order valence-electron chi connectivity index (χ3n) is 2.30. The van der Waals surface area contributed by atoms with E-state index in [9.17, 15) is 15.0 Å². The number of Topliss-reactive ketones (excluding diaryl/α,β-unsaturated/α-hetero) is 1. The Hall–Kier alpha value is -1.51. The van der Waals surface area contributed by atoms with Crippen molar-refractivity contribution in [2.24, 2.45) is 5.41 Å². The molecule has 0 radical (unpaired) electrons. The maximum Gasteiger partial charge on any atom is 0.168 e. The van der Waals surface area contributed by atoms with Gasteiger partial charge in [-0.3, -0.25) is 4.79 Å². The van der Waals surface area contributed by atoms with Crippen molar-refractivity contribution >= 4 is 5.78 Å². The molecular formula is C12H16O3. The summed E-state index contributed by atoms with van der Waals surface area (Å²) in [5.74, 6) is -0.210. The number of phenols is 2. The summed E-state index contributed by atoms with van der Waals surface area (Å²) in [5.41, 5.74) is 0.206. The molecule has 0 aliphatic heterocycles. The fourth-order valence-electron chi connectivity index (χ4n) is 1.25. The van der Waals surface area contributed by atoms with Crippen molar-refractivity contribution in [1.29, 1.82) is 0 Å². The number of hydrogen-bond donors (Lipinski definition) is 2. The highest BCUT2D eigenvalue weighted by Gasteiger charge is 2.24. The summed E-state index contributed by atoms with van der Waals surface area (Å²) in [7, 11) is 0. The van der Waals surface area contributed by atoms with Crippen molar-refractivity contribution in [2.45, 2.75) is 27.7 Å². The van der Waals surface area contributed by atoms with Crippen LogP contribution in [0.15, 0.2) is 12.1 Å². The van der Waals surface area contributed by atoms with Gasteiger partial charge in [0, 0.05) is 16.5 Å². The summed E-state index contributed by atoms with van der Waals surface area (Å²) in [6, 6.07) is 2.78. The summed E-state index contributed by atoms with van der Waals surface area (Å²) in [6.45, 7) is 6.98. The van der Waals surface area contributed by atoms with E-state index in [1.165, 1.54) is 12.1 Å². The summed E-state index contributed by atoms with van der Waals surface area (Å²) in [5, 5.41) is 19.0. The molecule has 0 heterocycles. The molecule has 0 fully saturated rings. The van der Waals surface area contributed by atoms with Gasteiger partial charge in [-0.25, -0.2) is 0 Å². The first kappa shape index (κ1) is 11.6. The maximum atomic E-state index is 11.9. The molecule has 3 heteroatoms. The molecule has 0 aliphatic rings. The van der Waals surface area contributed by atoms with Crippen molar-refractivity contribution in [3.63, 3.8) is 0 Å². The summed E-state index contributed by atoms with van der Waals surface area (Å²) in [4.78, 5) is 11.9. The van der Waals surface area contributed by atoms with Crippen LogP contribution in [0.3, 0.4) is 0 Å². The van der Waals surface area contributed by atoms with E-state index in [1.54, 1.807) is 27.7 Å². The zero-order chi connectivity index (χ0) is 11.8. The van der Waals surface area contributed by atoms with Gasteiger partial charge < -0.3 is 10.2 Å². The molecule has 15 heavy (non-hydrogen) atoms. The van der Waals surface area contributed by atoms with Gasteiger partial charge in [0.1, 0.15) is 11.5 Å². The SMILES string of the molecule is Cc1c(O)cc(C(=O)C(C)(C)C)cc1O. The van der Waals surface area contributed by atoms with Gasteiger partial charge >= 0.3 is 0 Å². The maximum absolute atomic E-state index is 11.9. The topological polar surface area (TPSA) is 57.5 Å². The molecule has 3 nitrogen and oxygen atoms in total. The Morgan fingerprint density at radius 2 is 1.53 bits per heavy atom. The summed E-state index contributed by atoms with van der Waals surface area (Å²) >= 11 is 0. The molecule has 0 unspecified atom stereocenters. The lowest BCUT2D eigenvalue weighted by Gasteiger charge is -2.17. The molecule has 0 amide bonds. The van der Waals surface area contributed by atoms with E-state index in [1.807, 2.05) is 0 Å². The van der Waals surface area contributed by atoms with Crippen LogP contribution in [-0.2, 0) is 0 Å². The molecule has 0 aliphatic carbocycles. The van der Waals surface area contributed by atoms with E-state index >= 15 is 0 Å². The molecule has 0 bridgehead atoms. The second-order valence-corrected chi connectivity index (χ2v) is 4.72. The molecular weight excluding hydrogens is 192 g/mol. The van der Waals surface area contributed by atoms with E-state index in [4.69, 9.17) is 0 Å². The molecule has 1 rings (SSSR count). The zero-order valence-electron chi connectivity index (χ0n) is 9.46. The highest BCUT2D eigenvalue weighted by Crippen LogP contribution is 2.30. The predicted octanol–water partition coefficient (Wildman–Crippen LogP) is 2.64. The predicted molar refractivity (Wildman–Crippen MR) is 58.3 cm³/mol. The van der Waals surface area contributed by atoms with Crippen LogP contribution in [0.4, 0.5) is 0 Å². The van der Waals surface area contributed by atoms with Crippen LogP contribution in [0, 0.1) is 12.3 Å². The van der Waals surface area contributed by atoms with Gasteiger partial charge in [-0.15, -0.1) is 0 Å². The van der Waals surface area contributed by atoms with Crippen molar-refractivity contribution in [1.82, 2.24) is 0 Å². The largest absolute Gasteiger partial charge is 0.508 e. The Morgan fingerprint density at radius 3 is 1.87 bits per heavy atom. The number of carbonyl (C=O) groups excluding carboxylic acids is 1. The fourth-order valence-corrected chi connectivity index (χ4v) is 1.25. The second-order valence-electron chi connectivity index (χ2n) is 4.72. The molecule has 0 saturated heterocycles. The average Bonchev–Trinajstić information content (AvgIpc) is 2.10. The van der Waals surface area contributed by atoms with Crippen LogP contribution in [0.25, 0.3) is 0 Å². The number of carbonyl (C=O) groups is 1. The van der Waals surface area contributed by atoms with Crippen LogP contribution < -0.4 is 0 Å². The van der Waals surface area contributed by atoms with Crippen LogP contribution in [0.2, 0.25) is 0 Å². The van der Waals surface area contributed by atoms with E-state index in [-0.39, 0.29) is 17.3 Å². The van der Waals surface area contributed by atoms with Gasteiger partial charge in [0.15, 0.2) is 5.78 Å². The van der Waals surface area contributed by atoms with Crippen molar-refractivity contribution in [3.8, 4) is 11.5 Å². The van der Waals surface area contributed by atoms with Crippen LogP contribution >= 0.6 is 0 Å². The smallest absolute Gasteiger partial charge is 0.168 e. The number of ketones is 1. The van der Waals surface area contributed by atoms with Gasteiger partial charge in [0.25, 0.3) is 0 Å². The standard InChI is InChI=1S/C12H16O3/c1-7-9(13)5-8(6-10(7)14)11(15)12(2,3)4/h5-6,13-14H,1-4H3. The van der Waals surface area contributed by atoms with Crippen LogP contribution in [0.1, 0.15) is 36.7 Å². The molecule has 0 atom stereocenters. The highest BCUT2D eigenvalue weighted by molar-refractivity contribution is 6.00. The number of rotatable bonds is 1. The second kappa shape index (κ2) is 3.57. The number of benzene rings is 1. The monoisotopic (exact) mass is 208 g/mol. The van der Waals surface area contributed by atoms with E-state index in [0.717, 1.165) is 0 Å². The quantitative estimate of drug-likeness (QED) is 0.697. The molecule has 0 aromatic heterocycles. The molecule has 0 spiro atoms. The molecule has 2 N–H and O–H groups in total. The Labute approximate surface area is 89.4 Å². The zero-order valence-corrected chi connectivity index (χ0v) is 9.46. The van der Waals surface area contributed by atoms with E-state index in [2.05, 4.69) is 0 Å². The number of hydrogen-bond acceptors (Lipinski definition) is 3. The fraction of sp³-hybridized carbons (Fsp3) is 0.417. The van der Waals surface area contributed by atoms with Gasteiger partial charge in [0.05, 0.1) is 0 Å². The summed E-state index contributed by atoms with van der Waals surface area (Å²) in [6.07, 6.45) is 0. The van der Waals surface area contributed by atoms with Crippen molar-refractivity contribution < 1.29 is 15.0 Å². The van der Waals surface area contributed by atoms with Gasteiger partial charge in [0.2, 0.25) is 0 Å². The Morgan fingerprint density at radius 1 is 1.13 bits per heavy atom. The van der Waals surface area contributed by atoms with E-state index < -0.39 is 5.41 Å². The van der Waals surface area contributed by atoms with Gasteiger partial charge in [-0.1, -0.05) is 20.8 Å². The lowest BCUT2D eigenvalue weighted by atomic mass is 9.86. The number of aromatic hydroxyl groups is 2. The first-order valence-electron chi connectivity index (χ1n) is 4.81. The lowest BCUT2D eigenvalue weighted by molar-refractivity contribution is 0.0857. The van der Waals surface area contributed by atoms with E-state index in [0.29, 0.717) is 11.1 Å². The highest BCUT2D eigenvalue weighted by atomic mass is 16.3. The third kappa shape index (κ3) is 2.29. The minimum absolute atomic E-state index is 0.0531. The van der Waals surface area contributed by atoms with Crippen molar-refractivity contribution in [3.05, 3.63) is 23.3 Å². The summed E-state index contributed by atoms with van der Waals surface area (Å²) < 4.78 is 0. The Bertz CT molecular complexity index is 377. The molecule has 1 aromatic carbocycles. The minimum Gasteiger partial charge on any atom is -0.508 e. The molecule has 82 valence electrons. The Balaban J connectivity index is 3.24. The Kier molecular flexibility index (Phi) is 2.75. The minimum atomic E-state index is -0.520. The molecule has 0 saturated carbocycles. The van der Waals surface area contributed by atoms with Crippen LogP contribution in [-0.4, -0.2) is 16.0 Å². The van der Waals surface area contributed by atoms with Gasteiger partial charge in [-0.05, 0) is 19.1 Å². The number of phenolic OH excluding ortho intramolecular Hbond substituents is 2. The third-order valence-corrected chi connectivity index (χ3v) is 2.30. The first-order valence-corrected chi connectivity index (χ1v) is 4.81. The normalized spacial score (nSPS) is 11.5. The van der Waals surface area contributed by atoms with Crippen LogP contribution in [0.5, 0.6) is 11.5 Å².